The van der Waals surface area contributed by atoms with Crippen molar-refractivity contribution < 1.29 is 13.9 Å². The zero-order valence-electron chi connectivity index (χ0n) is 13.7. The minimum absolute atomic E-state index is 0.238. The predicted octanol–water partition coefficient (Wildman–Crippen LogP) is 2.15. The molecule has 0 fully saturated rings. The van der Waals surface area contributed by atoms with Crippen LogP contribution in [0.15, 0.2) is 53.9 Å². The number of rotatable bonds is 3. The van der Waals surface area contributed by atoms with Crippen LogP contribution in [-0.4, -0.2) is 34.3 Å². The Morgan fingerprint density at radius 2 is 2.23 bits per heavy atom. The molecule has 132 valence electrons. The Hall–Kier alpha value is -3.26. The summed E-state index contributed by atoms with van der Waals surface area (Å²) in [5.74, 6) is -0.489. The molecule has 3 heterocycles. The second-order valence-electron chi connectivity index (χ2n) is 5.96. The van der Waals surface area contributed by atoms with Gasteiger partial charge < -0.3 is 20.2 Å². The third-order valence-electron chi connectivity index (χ3n) is 4.11. The zero-order chi connectivity index (χ0) is 18.1. The lowest BCUT2D eigenvalue weighted by Gasteiger charge is -2.20. The van der Waals surface area contributed by atoms with Crippen molar-refractivity contribution in [1.29, 1.82) is 0 Å². The number of amides is 1. The molecule has 1 aromatic carbocycles. The van der Waals surface area contributed by atoms with E-state index in [0.29, 0.717) is 17.1 Å². The topological polar surface area (TPSA) is 94.0 Å². The van der Waals surface area contributed by atoms with Crippen LogP contribution in [0.5, 0.6) is 0 Å². The fourth-order valence-corrected chi connectivity index (χ4v) is 2.84. The van der Waals surface area contributed by atoms with E-state index in [1.807, 2.05) is 18.3 Å². The van der Waals surface area contributed by atoms with Crippen LogP contribution in [0.2, 0.25) is 0 Å². The molecular weight excluding hydrogens is 337 g/mol. The number of nitrogens with two attached hydrogens (primary N) is 1. The first-order valence-corrected chi connectivity index (χ1v) is 8.03. The van der Waals surface area contributed by atoms with Gasteiger partial charge in [-0.05, 0) is 36.4 Å². The highest BCUT2D eigenvalue weighted by Crippen LogP contribution is 2.26. The predicted molar refractivity (Wildman–Crippen MR) is 94.7 cm³/mol. The molecule has 3 aromatic rings. The molecule has 1 aliphatic heterocycles. The second-order valence-corrected chi connectivity index (χ2v) is 5.96. The minimum Gasteiger partial charge on any atom is -0.386 e. The van der Waals surface area contributed by atoms with Crippen molar-refractivity contribution in [2.75, 3.05) is 18.5 Å². The summed E-state index contributed by atoms with van der Waals surface area (Å²) in [6.07, 6.45) is 3.41. The van der Waals surface area contributed by atoms with Crippen LogP contribution in [0.3, 0.4) is 0 Å². The summed E-state index contributed by atoms with van der Waals surface area (Å²) in [5, 5.41) is 2.74. The highest BCUT2D eigenvalue weighted by Gasteiger charge is 2.20. The summed E-state index contributed by atoms with van der Waals surface area (Å²) in [5.41, 5.74) is 7.56. The Morgan fingerprint density at radius 1 is 1.35 bits per heavy atom. The molecule has 0 spiro atoms. The van der Waals surface area contributed by atoms with E-state index in [-0.39, 0.29) is 24.8 Å². The summed E-state index contributed by atoms with van der Waals surface area (Å²) < 4.78 is 21.3. The first-order chi connectivity index (χ1) is 12.6. The number of amidine groups is 1. The van der Waals surface area contributed by atoms with Gasteiger partial charge in [-0.25, -0.2) is 9.37 Å². The molecule has 26 heavy (non-hydrogen) atoms. The molecule has 3 N–H and O–H groups in total. The smallest absolute Gasteiger partial charge is 0.274 e. The van der Waals surface area contributed by atoms with Crippen LogP contribution >= 0.6 is 0 Å². The van der Waals surface area contributed by atoms with E-state index >= 15 is 0 Å². The first kappa shape index (κ1) is 16.2. The number of carbonyl (C=O) groups excluding carboxylic acids is 1. The number of aromatic nitrogens is 2. The average molecular weight is 353 g/mol. The molecule has 0 saturated carbocycles. The van der Waals surface area contributed by atoms with E-state index in [1.54, 1.807) is 22.9 Å². The van der Waals surface area contributed by atoms with Gasteiger partial charge in [-0.3, -0.25) is 9.79 Å². The monoisotopic (exact) mass is 353 g/mol. The quantitative estimate of drug-likeness (QED) is 0.754. The van der Waals surface area contributed by atoms with Crippen molar-refractivity contribution in [3.8, 4) is 0 Å². The van der Waals surface area contributed by atoms with E-state index in [4.69, 9.17) is 10.5 Å². The first-order valence-electron chi connectivity index (χ1n) is 8.03. The van der Waals surface area contributed by atoms with Gasteiger partial charge in [0.15, 0.2) is 0 Å². The van der Waals surface area contributed by atoms with Crippen molar-refractivity contribution in [2.45, 2.75) is 6.04 Å². The lowest BCUT2D eigenvalue weighted by atomic mass is 10.1. The highest BCUT2D eigenvalue weighted by molar-refractivity contribution is 6.03. The summed E-state index contributed by atoms with van der Waals surface area (Å²) in [4.78, 5) is 20.8. The fraction of sp³-hybridized carbons (Fsp3) is 0.167. The molecule has 0 saturated heterocycles. The third-order valence-corrected chi connectivity index (χ3v) is 4.11. The van der Waals surface area contributed by atoms with Crippen LogP contribution in [0.25, 0.3) is 5.52 Å². The van der Waals surface area contributed by atoms with Crippen molar-refractivity contribution >= 4 is 22.9 Å². The molecule has 1 aliphatic rings. The van der Waals surface area contributed by atoms with Crippen molar-refractivity contribution in [3.63, 3.8) is 0 Å². The third kappa shape index (κ3) is 3.14. The summed E-state index contributed by atoms with van der Waals surface area (Å²) in [6.45, 7) is 0.476. The molecule has 2 aromatic heterocycles. The number of ether oxygens (including phenoxy) is 1. The Kier molecular flexibility index (Phi) is 4.10. The molecule has 4 rings (SSSR count). The molecular formula is C18H16FN5O2. The standard InChI is InChI=1S/C18H16FN5O2/c19-14-4-3-11(6-13(14)16-8-26-9-17(20)23-16)22-18(25)15-7-12-2-1-5-24(12)10-21-15/h1-7,10,16H,8-9H2,(H2,20,23)(H,22,25). The molecule has 7 nitrogen and oxygen atoms in total. The summed E-state index contributed by atoms with van der Waals surface area (Å²) in [6, 6.07) is 9.20. The van der Waals surface area contributed by atoms with Gasteiger partial charge >= 0.3 is 0 Å². The van der Waals surface area contributed by atoms with Crippen molar-refractivity contribution in [1.82, 2.24) is 9.38 Å². The van der Waals surface area contributed by atoms with Crippen LogP contribution in [0.1, 0.15) is 22.1 Å². The van der Waals surface area contributed by atoms with Crippen LogP contribution in [0, 0.1) is 5.82 Å². The Morgan fingerprint density at radius 3 is 3.08 bits per heavy atom. The number of benzene rings is 1. The van der Waals surface area contributed by atoms with Gasteiger partial charge in [0.2, 0.25) is 0 Å². The van der Waals surface area contributed by atoms with E-state index < -0.39 is 11.9 Å². The number of anilines is 1. The maximum absolute atomic E-state index is 14.2. The average Bonchev–Trinajstić information content (AvgIpc) is 3.11. The zero-order valence-corrected chi connectivity index (χ0v) is 13.7. The van der Waals surface area contributed by atoms with Gasteiger partial charge in [-0.2, -0.15) is 0 Å². The summed E-state index contributed by atoms with van der Waals surface area (Å²) >= 11 is 0. The number of hydrogen-bond donors (Lipinski definition) is 2. The highest BCUT2D eigenvalue weighted by atomic mass is 19.1. The van der Waals surface area contributed by atoms with Gasteiger partial charge in [-0.15, -0.1) is 0 Å². The number of nitrogens with one attached hydrogen (secondary N) is 1. The number of hydrogen-bond acceptors (Lipinski definition) is 5. The summed E-state index contributed by atoms with van der Waals surface area (Å²) in [7, 11) is 0. The van der Waals surface area contributed by atoms with Gasteiger partial charge in [0.1, 0.15) is 30.0 Å². The Labute approximate surface area is 148 Å². The second kappa shape index (κ2) is 6.57. The SMILES string of the molecule is NC1=NC(c2cc(NC(=O)c3cc4cccn4cn3)ccc2F)COC1. The van der Waals surface area contributed by atoms with Crippen LogP contribution < -0.4 is 11.1 Å². The fourth-order valence-electron chi connectivity index (χ4n) is 2.84. The van der Waals surface area contributed by atoms with E-state index in [2.05, 4.69) is 15.3 Å². The number of carbonyl (C=O) groups is 1. The largest absolute Gasteiger partial charge is 0.386 e. The number of aliphatic imine (C=N–C) groups is 1. The molecule has 1 atom stereocenters. The molecule has 1 unspecified atom stereocenters. The lowest BCUT2D eigenvalue weighted by molar-refractivity contribution is 0.102. The lowest BCUT2D eigenvalue weighted by Crippen LogP contribution is -2.27. The van der Waals surface area contributed by atoms with E-state index in [1.165, 1.54) is 12.1 Å². The molecule has 1 amide bonds. The number of halogens is 1. The Balaban J connectivity index is 1.58. The van der Waals surface area contributed by atoms with Gasteiger partial charge in [0, 0.05) is 23.0 Å². The van der Waals surface area contributed by atoms with Crippen LogP contribution in [-0.2, 0) is 4.74 Å². The van der Waals surface area contributed by atoms with Gasteiger partial charge in [0.25, 0.3) is 5.91 Å². The van der Waals surface area contributed by atoms with E-state index in [0.717, 1.165) is 5.52 Å². The van der Waals surface area contributed by atoms with Crippen molar-refractivity contribution in [3.05, 3.63) is 66.0 Å². The van der Waals surface area contributed by atoms with Crippen LogP contribution in [0.4, 0.5) is 10.1 Å². The van der Waals surface area contributed by atoms with Gasteiger partial charge in [-0.1, -0.05) is 0 Å². The number of nitrogens with zero attached hydrogens (tertiary/aromatic N) is 3. The van der Waals surface area contributed by atoms with Crippen molar-refractivity contribution in [2.24, 2.45) is 10.7 Å². The maximum Gasteiger partial charge on any atom is 0.274 e. The minimum atomic E-state index is -0.532. The molecule has 0 radical (unpaired) electrons. The molecule has 0 bridgehead atoms. The van der Waals surface area contributed by atoms with Gasteiger partial charge in [0.05, 0.1) is 12.9 Å². The number of fused-ring (bicyclic) bond motifs is 1. The molecule has 0 aliphatic carbocycles. The normalized spacial score (nSPS) is 17.1. The van der Waals surface area contributed by atoms with E-state index in [9.17, 15) is 9.18 Å². The maximum atomic E-state index is 14.2. The molecule has 8 heteroatoms. The Bertz CT molecular complexity index is 1010.